The monoisotopic (exact) mass is 233 g/mol. The van der Waals surface area contributed by atoms with Crippen LogP contribution in [-0.2, 0) is 6.42 Å². The van der Waals surface area contributed by atoms with Crippen LogP contribution < -0.4 is 5.73 Å². The Morgan fingerprint density at radius 2 is 1.71 bits per heavy atom. The van der Waals surface area contributed by atoms with Gasteiger partial charge in [0.25, 0.3) is 0 Å². The van der Waals surface area contributed by atoms with Gasteiger partial charge in [-0.05, 0) is 37.2 Å². The van der Waals surface area contributed by atoms with Gasteiger partial charge in [0.2, 0.25) is 0 Å². The molecule has 1 nitrogen and oxygen atoms in total. The molecule has 2 N–H and O–H groups in total. The number of aryl methyl sites for hydroxylation is 1. The van der Waals surface area contributed by atoms with Crippen LogP contribution >= 0.6 is 0 Å². The van der Waals surface area contributed by atoms with Gasteiger partial charge in [-0.3, -0.25) is 0 Å². The minimum absolute atomic E-state index is 0.392. The van der Waals surface area contributed by atoms with Crippen molar-refractivity contribution in [1.82, 2.24) is 0 Å². The van der Waals surface area contributed by atoms with Crippen molar-refractivity contribution < 1.29 is 0 Å². The molecule has 0 radical (unpaired) electrons. The number of benzene rings is 1. The highest BCUT2D eigenvalue weighted by molar-refractivity contribution is 5.14. The van der Waals surface area contributed by atoms with E-state index in [2.05, 4.69) is 44.2 Å². The van der Waals surface area contributed by atoms with Crippen LogP contribution in [0.25, 0.3) is 0 Å². The molecule has 0 amide bonds. The lowest BCUT2D eigenvalue weighted by Gasteiger charge is -2.18. The summed E-state index contributed by atoms with van der Waals surface area (Å²) in [7, 11) is 0. The van der Waals surface area contributed by atoms with Gasteiger partial charge < -0.3 is 5.73 Å². The second-order valence-electron chi connectivity index (χ2n) is 5.06. The van der Waals surface area contributed by atoms with Crippen molar-refractivity contribution in [1.29, 1.82) is 0 Å². The topological polar surface area (TPSA) is 26.0 Å². The van der Waals surface area contributed by atoms with Crippen LogP contribution in [0.1, 0.15) is 51.5 Å². The van der Waals surface area contributed by atoms with Crippen LogP contribution in [0.3, 0.4) is 0 Å². The molecule has 0 bridgehead atoms. The van der Waals surface area contributed by atoms with Gasteiger partial charge in [-0.15, -0.1) is 0 Å². The maximum atomic E-state index is 6.19. The van der Waals surface area contributed by atoms with Crippen LogP contribution in [0, 0.1) is 5.92 Å². The van der Waals surface area contributed by atoms with Crippen molar-refractivity contribution in [3.8, 4) is 0 Å². The normalized spacial score (nSPS) is 12.9. The fraction of sp³-hybridized carbons (Fsp3) is 0.625. The van der Waals surface area contributed by atoms with Crippen molar-refractivity contribution >= 4 is 0 Å². The van der Waals surface area contributed by atoms with E-state index in [1.54, 1.807) is 0 Å². The van der Waals surface area contributed by atoms with Crippen LogP contribution in [0.4, 0.5) is 0 Å². The van der Waals surface area contributed by atoms with Gasteiger partial charge in [-0.1, -0.05) is 57.0 Å². The molecule has 0 aromatic heterocycles. The summed E-state index contributed by atoms with van der Waals surface area (Å²) in [6.45, 7) is 4.54. The Morgan fingerprint density at radius 3 is 2.29 bits per heavy atom. The van der Waals surface area contributed by atoms with Crippen molar-refractivity contribution in [2.75, 3.05) is 0 Å². The van der Waals surface area contributed by atoms with Gasteiger partial charge in [-0.25, -0.2) is 0 Å². The van der Waals surface area contributed by atoms with Gasteiger partial charge in [0, 0.05) is 6.04 Å². The van der Waals surface area contributed by atoms with E-state index in [1.807, 2.05) is 0 Å². The molecule has 1 rings (SSSR count). The molecule has 0 saturated heterocycles. The quantitative estimate of drug-likeness (QED) is 0.716. The minimum Gasteiger partial charge on any atom is -0.328 e. The van der Waals surface area contributed by atoms with E-state index in [9.17, 15) is 0 Å². The lowest BCUT2D eigenvalue weighted by atomic mass is 9.92. The van der Waals surface area contributed by atoms with E-state index in [0.717, 1.165) is 18.8 Å². The molecule has 96 valence electrons. The number of rotatable bonds is 8. The summed E-state index contributed by atoms with van der Waals surface area (Å²) < 4.78 is 0. The first-order valence-electron chi connectivity index (χ1n) is 7.05. The molecule has 0 spiro atoms. The number of nitrogens with two attached hydrogens (primary N) is 1. The number of hydrogen-bond donors (Lipinski definition) is 1. The number of hydrogen-bond acceptors (Lipinski definition) is 1. The summed E-state index contributed by atoms with van der Waals surface area (Å²) in [6, 6.07) is 11.1. The summed E-state index contributed by atoms with van der Waals surface area (Å²) in [4.78, 5) is 0. The van der Waals surface area contributed by atoms with Gasteiger partial charge in [-0.2, -0.15) is 0 Å². The average Bonchev–Trinajstić information content (AvgIpc) is 2.37. The molecule has 0 aliphatic carbocycles. The van der Waals surface area contributed by atoms with Crippen molar-refractivity contribution in [3.63, 3.8) is 0 Å². The Bertz CT molecular complexity index is 277. The van der Waals surface area contributed by atoms with E-state index >= 15 is 0 Å². The zero-order chi connectivity index (χ0) is 12.5. The van der Waals surface area contributed by atoms with Crippen LogP contribution in [-0.4, -0.2) is 6.04 Å². The Labute approximate surface area is 106 Å². The zero-order valence-corrected chi connectivity index (χ0v) is 11.4. The molecule has 1 aromatic carbocycles. The maximum absolute atomic E-state index is 6.19. The highest BCUT2D eigenvalue weighted by Crippen LogP contribution is 2.17. The van der Waals surface area contributed by atoms with E-state index in [1.165, 1.54) is 31.2 Å². The Morgan fingerprint density at radius 1 is 1.06 bits per heavy atom. The van der Waals surface area contributed by atoms with Crippen molar-refractivity contribution in [2.24, 2.45) is 11.7 Å². The van der Waals surface area contributed by atoms with Crippen molar-refractivity contribution in [2.45, 2.75) is 58.4 Å². The molecule has 1 heteroatoms. The summed E-state index contributed by atoms with van der Waals surface area (Å²) >= 11 is 0. The summed E-state index contributed by atoms with van der Waals surface area (Å²) in [5.41, 5.74) is 7.62. The van der Waals surface area contributed by atoms with Gasteiger partial charge in [0.15, 0.2) is 0 Å². The van der Waals surface area contributed by atoms with E-state index in [4.69, 9.17) is 5.73 Å². The first-order valence-corrected chi connectivity index (χ1v) is 7.05. The summed E-state index contributed by atoms with van der Waals surface area (Å²) in [5.74, 6) is 0.821. The molecule has 0 aliphatic heterocycles. The molecular weight excluding hydrogens is 206 g/mol. The van der Waals surface area contributed by atoms with Gasteiger partial charge >= 0.3 is 0 Å². The average molecular weight is 233 g/mol. The first-order chi connectivity index (χ1) is 8.26. The minimum atomic E-state index is 0.392. The smallest absolute Gasteiger partial charge is 0.00415 e. The molecule has 0 saturated carbocycles. The maximum Gasteiger partial charge on any atom is 0.00415 e. The Kier molecular flexibility index (Phi) is 6.95. The lowest BCUT2D eigenvalue weighted by Crippen LogP contribution is -2.23. The Balaban J connectivity index is 2.18. The highest BCUT2D eigenvalue weighted by atomic mass is 14.6. The third kappa shape index (κ3) is 5.88. The van der Waals surface area contributed by atoms with Crippen LogP contribution in [0.15, 0.2) is 30.3 Å². The van der Waals surface area contributed by atoms with Crippen LogP contribution in [0.5, 0.6) is 0 Å². The zero-order valence-electron chi connectivity index (χ0n) is 11.4. The summed E-state index contributed by atoms with van der Waals surface area (Å²) in [6.07, 6.45) is 7.27. The van der Waals surface area contributed by atoms with E-state index in [0.29, 0.717) is 6.04 Å². The van der Waals surface area contributed by atoms with Gasteiger partial charge in [0.05, 0.1) is 0 Å². The largest absolute Gasteiger partial charge is 0.328 e. The predicted molar refractivity (Wildman–Crippen MR) is 76.0 cm³/mol. The molecular formula is C16H27N. The van der Waals surface area contributed by atoms with E-state index in [-0.39, 0.29) is 0 Å². The first kappa shape index (κ1) is 14.2. The lowest BCUT2D eigenvalue weighted by molar-refractivity contribution is 0.392. The van der Waals surface area contributed by atoms with Gasteiger partial charge in [0.1, 0.15) is 0 Å². The fourth-order valence-corrected chi connectivity index (χ4v) is 2.38. The Hall–Kier alpha value is -0.820. The fourth-order valence-electron chi connectivity index (χ4n) is 2.38. The molecule has 1 atom stereocenters. The van der Waals surface area contributed by atoms with Crippen LogP contribution in [0.2, 0.25) is 0 Å². The highest BCUT2D eigenvalue weighted by Gasteiger charge is 2.09. The molecule has 17 heavy (non-hydrogen) atoms. The standard InChI is InChI=1S/C16H27N/c1-3-14(4-2)13-16(17)12-8-11-15-9-6-5-7-10-15/h5-7,9-10,14,16H,3-4,8,11-13,17H2,1-2H3. The predicted octanol–water partition coefficient (Wildman–Crippen LogP) is 4.16. The van der Waals surface area contributed by atoms with E-state index < -0.39 is 0 Å². The summed E-state index contributed by atoms with van der Waals surface area (Å²) in [5, 5.41) is 0. The second kappa shape index (κ2) is 8.30. The van der Waals surface area contributed by atoms with Crippen molar-refractivity contribution in [3.05, 3.63) is 35.9 Å². The SMILES string of the molecule is CCC(CC)CC(N)CCCc1ccccc1. The third-order valence-electron chi connectivity index (χ3n) is 3.67. The molecule has 1 aromatic rings. The molecule has 1 unspecified atom stereocenters. The molecule has 0 heterocycles. The molecule has 0 aliphatic rings. The molecule has 0 fully saturated rings. The second-order valence-corrected chi connectivity index (χ2v) is 5.06. The third-order valence-corrected chi connectivity index (χ3v) is 3.67.